The van der Waals surface area contributed by atoms with Crippen LogP contribution in [0.3, 0.4) is 0 Å². The molecule has 30 heavy (non-hydrogen) atoms. The topological polar surface area (TPSA) is 117 Å². The molecule has 2 aromatic heterocycles. The van der Waals surface area contributed by atoms with Crippen molar-refractivity contribution in [3.8, 4) is 0 Å². The summed E-state index contributed by atoms with van der Waals surface area (Å²) in [4.78, 5) is 43.7. The van der Waals surface area contributed by atoms with E-state index < -0.39 is 11.7 Å². The average Bonchev–Trinajstić information content (AvgIpc) is 3.20. The second-order valence-corrected chi connectivity index (χ2v) is 7.69. The lowest BCUT2D eigenvalue weighted by Crippen LogP contribution is -2.58. The standard InChI is InChI=1S/C21H25N5O4/c1-14(19(28)23-11-7-15-4-3-13-30-15)26-12-9-21(8-6-17(26)27)24-18-16(20(29)25-21)5-2-10-22-18/h2-5,10,13-14H,6-9,11-12H2,1H3,(H,22,24)(H,23,28)(H,25,29). The molecule has 2 aliphatic rings. The number of hydrogen-bond donors (Lipinski definition) is 3. The number of amides is 3. The Morgan fingerprint density at radius 1 is 1.30 bits per heavy atom. The smallest absolute Gasteiger partial charge is 0.256 e. The first kappa shape index (κ1) is 19.9. The summed E-state index contributed by atoms with van der Waals surface area (Å²) in [5.41, 5.74) is -0.266. The lowest BCUT2D eigenvalue weighted by Gasteiger charge is -2.39. The third kappa shape index (κ3) is 4.00. The van der Waals surface area contributed by atoms with E-state index in [9.17, 15) is 14.4 Å². The molecule has 1 fully saturated rings. The monoisotopic (exact) mass is 411 g/mol. The van der Waals surface area contributed by atoms with Crippen molar-refractivity contribution in [2.24, 2.45) is 0 Å². The molecule has 4 heterocycles. The van der Waals surface area contributed by atoms with Crippen LogP contribution < -0.4 is 16.0 Å². The first-order valence-corrected chi connectivity index (χ1v) is 10.1. The molecule has 4 rings (SSSR count). The highest BCUT2D eigenvalue weighted by Crippen LogP contribution is 2.30. The molecule has 2 aliphatic heterocycles. The van der Waals surface area contributed by atoms with Crippen LogP contribution in [-0.2, 0) is 16.0 Å². The van der Waals surface area contributed by atoms with Gasteiger partial charge in [-0.25, -0.2) is 4.98 Å². The minimum absolute atomic E-state index is 0.108. The van der Waals surface area contributed by atoms with Crippen molar-refractivity contribution < 1.29 is 18.8 Å². The van der Waals surface area contributed by atoms with E-state index in [0.29, 0.717) is 43.7 Å². The van der Waals surface area contributed by atoms with Crippen molar-refractivity contribution in [2.75, 3.05) is 18.4 Å². The van der Waals surface area contributed by atoms with Crippen molar-refractivity contribution in [1.29, 1.82) is 0 Å². The first-order valence-electron chi connectivity index (χ1n) is 10.1. The zero-order valence-corrected chi connectivity index (χ0v) is 16.8. The number of carbonyl (C=O) groups is 3. The van der Waals surface area contributed by atoms with Gasteiger partial charge >= 0.3 is 0 Å². The molecule has 0 aliphatic carbocycles. The fourth-order valence-electron chi connectivity index (χ4n) is 3.97. The Bertz CT molecular complexity index is 945. The maximum Gasteiger partial charge on any atom is 0.256 e. The van der Waals surface area contributed by atoms with Crippen LogP contribution in [0.4, 0.5) is 5.82 Å². The van der Waals surface area contributed by atoms with Crippen molar-refractivity contribution >= 4 is 23.5 Å². The Kier molecular flexibility index (Phi) is 5.43. The summed E-state index contributed by atoms with van der Waals surface area (Å²) >= 11 is 0. The third-order valence-electron chi connectivity index (χ3n) is 5.73. The SMILES string of the molecule is CC(C(=O)NCCc1ccco1)N1CCC2(CCC1=O)NC(=O)c1cccnc1N2. The number of anilines is 1. The van der Waals surface area contributed by atoms with Crippen molar-refractivity contribution in [1.82, 2.24) is 20.5 Å². The summed E-state index contributed by atoms with van der Waals surface area (Å²) in [6.45, 7) is 2.51. The first-order chi connectivity index (χ1) is 14.5. The molecule has 3 amide bonds. The predicted octanol–water partition coefficient (Wildman–Crippen LogP) is 1.29. The van der Waals surface area contributed by atoms with E-state index in [2.05, 4.69) is 20.9 Å². The van der Waals surface area contributed by atoms with Crippen molar-refractivity contribution in [2.45, 2.75) is 44.3 Å². The van der Waals surface area contributed by atoms with E-state index in [4.69, 9.17) is 4.42 Å². The summed E-state index contributed by atoms with van der Waals surface area (Å²) in [6.07, 6.45) is 4.94. The number of nitrogens with zero attached hydrogens (tertiary/aromatic N) is 2. The molecule has 3 N–H and O–H groups in total. The molecule has 9 nitrogen and oxygen atoms in total. The van der Waals surface area contributed by atoms with Gasteiger partial charge in [0.2, 0.25) is 11.8 Å². The molecule has 2 atom stereocenters. The fraction of sp³-hybridized carbons (Fsp3) is 0.429. The molecule has 1 spiro atoms. The van der Waals surface area contributed by atoms with Gasteiger partial charge in [-0.15, -0.1) is 0 Å². The maximum atomic E-state index is 12.7. The third-order valence-corrected chi connectivity index (χ3v) is 5.73. The Balaban J connectivity index is 1.39. The zero-order chi connectivity index (χ0) is 21.1. The van der Waals surface area contributed by atoms with Gasteiger partial charge in [-0.2, -0.15) is 0 Å². The Morgan fingerprint density at radius 3 is 2.97 bits per heavy atom. The number of rotatable bonds is 5. The molecule has 1 saturated heterocycles. The molecule has 0 aromatic carbocycles. The summed E-state index contributed by atoms with van der Waals surface area (Å²) in [5.74, 6) is 0.790. The number of pyridine rings is 1. The minimum Gasteiger partial charge on any atom is -0.469 e. The Labute approximate surface area is 174 Å². The van der Waals surface area contributed by atoms with Crippen molar-refractivity contribution in [3.63, 3.8) is 0 Å². The Hall–Kier alpha value is -3.36. The summed E-state index contributed by atoms with van der Waals surface area (Å²) in [6, 6.07) is 6.47. The highest BCUT2D eigenvalue weighted by molar-refractivity contribution is 6.01. The van der Waals surface area contributed by atoms with E-state index in [1.165, 1.54) is 0 Å². The summed E-state index contributed by atoms with van der Waals surface area (Å²) < 4.78 is 5.26. The predicted molar refractivity (Wildman–Crippen MR) is 109 cm³/mol. The number of carbonyl (C=O) groups excluding carboxylic acids is 3. The fourth-order valence-corrected chi connectivity index (χ4v) is 3.97. The lowest BCUT2D eigenvalue weighted by molar-refractivity contribution is -0.139. The van der Waals surface area contributed by atoms with Gasteiger partial charge < -0.3 is 25.3 Å². The molecule has 2 aromatic rings. The number of hydrogen-bond acceptors (Lipinski definition) is 6. The summed E-state index contributed by atoms with van der Waals surface area (Å²) in [5, 5.41) is 9.18. The zero-order valence-electron chi connectivity index (χ0n) is 16.8. The number of nitrogens with one attached hydrogen (secondary N) is 3. The number of fused-ring (bicyclic) bond motifs is 1. The van der Waals surface area contributed by atoms with Crippen LogP contribution in [0.25, 0.3) is 0 Å². The van der Waals surface area contributed by atoms with Crippen LogP contribution in [0.2, 0.25) is 0 Å². The van der Waals surface area contributed by atoms with E-state index in [1.807, 2.05) is 6.07 Å². The van der Waals surface area contributed by atoms with E-state index >= 15 is 0 Å². The van der Waals surface area contributed by atoms with Crippen LogP contribution in [0.15, 0.2) is 41.1 Å². The number of furan rings is 1. The second-order valence-electron chi connectivity index (χ2n) is 7.69. The van der Waals surface area contributed by atoms with Crippen LogP contribution >= 0.6 is 0 Å². The Morgan fingerprint density at radius 2 is 2.17 bits per heavy atom. The maximum absolute atomic E-state index is 12.7. The molecule has 0 bridgehead atoms. The van der Waals surface area contributed by atoms with Crippen LogP contribution in [0, 0.1) is 0 Å². The van der Waals surface area contributed by atoms with Gasteiger partial charge in [-0.05, 0) is 37.6 Å². The second kappa shape index (κ2) is 8.17. The van der Waals surface area contributed by atoms with Gasteiger partial charge in [0.05, 0.1) is 11.8 Å². The molecule has 9 heteroatoms. The van der Waals surface area contributed by atoms with E-state index in [-0.39, 0.29) is 24.1 Å². The van der Waals surface area contributed by atoms with Crippen LogP contribution in [0.1, 0.15) is 42.3 Å². The molecule has 0 saturated carbocycles. The highest BCUT2D eigenvalue weighted by atomic mass is 16.3. The van der Waals surface area contributed by atoms with Gasteiger partial charge in [0.1, 0.15) is 23.3 Å². The molecular weight excluding hydrogens is 386 g/mol. The number of likely N-dealkylation sites (tertiary alicyclic amines) is 1. The molecule has 158 valence electrons. The van der Waals surface area contributed by atoms with E-state index in [1.54, 1.807) is 42.5 Å². The molecule has 2 unspecified atom stereocenters. The van der Waals surface area contributed by atoms with Crippen LogP contribution in [0.5, 0.6) is 0 Å². The lowest BCUT2D eigenvalue weighted by atomic mass is 9.97. The van der Waals surface area contributed by atoms with Gasteiger partial charge in [-0.1, -0.05) is 0 Å². The minimum atomic E-state index is -0.752. The summed E-state index contributed by atoms with van der Waals surface area (Å²) in [7, 11) is 0. The molecular formula is C21H25N5O4. The quantitative estimate of drug-likeness (QED) is 0.683. The normalized spacial score (nSPS) is 22.0. The highest BCUT2D eigenvalue weighted by Gasteiger charge is 2.42. The van der Waals surface area contributed by atoms with Gasteiger partial charge in [0, 0.05) is 38.5 Å². The van der Waals surface area contributed by atoms with E-state index in [0.717, 1.165) is 5.76 Å². The van der Waals surface area contributed by atoms with Crippen molar-refractivity contribution in [3.05, 3.63) is 48.0 Å². The van der Waals surface area contributed by atoms with Gasteiger partial charge in [0.15, 0.2) is 0 Å². The molecule has 0 radical (unpaired) electrons. The average molecular weight is 411 g/mol. The van der Waals surface area contributed by atoms with Gasteiger partial charge in [-0.3, -0.25) is 14.4 Å². The van der Waals surface area contributed by atoms with Crippen LogP contribution in [-0.4, -0.2) is 52.4 Å². The number of aromatic nitrogens is 1. The van der Waals surface area contributed by atoms with Gasteiger partial charge in [0.25, 0.3) is 5.91 Å². The largest absolute Gasteiger partial charge is 0.469 e.